The van der Waals surface area contributed by atoms with Crippen LogP contribution in [0.2, 0.25) is 0 Å². The van der Waals surface area contributed by atoms with Gasteiger partial charge in [0.2, 0.25) is 0 Å². The molecular weight excluding hydrogens is 380 g/mol. The lowest BCUT2D eigenvalue weighted by Gasteiger charge is -2.14. The summed E-state index contributed by atoms with van der Waals surface area (Å²) in [5, 5.41) is 16.1. The molecule has 0 fully saturated rings. The van der Waals surface area contributed by atoms with Crippen molar-refractivity contribution in [1.29, 1.82) is 0 Å². The number of hydrogen-bond acceptors (Lipinski definition) is 5. The van der Waals surface area contributed by atoms with E-state index >= 15 is 0 Å². The summed E-state index contributed by atoms with van der Waals surface area (Å²) < 4.78 is 5.19. The lowest BCUT2D eigenvalue weighted by atomic mass is 10.2. The van der Waals surface area contributed by atoms with Gasteiger partial charge in [-0.1, -0.05) is 18.7 Å². The van der Waals surface area contributed by atoms with Crippen LogP contribution < -0.4 is 10.6 Å². The molecule has 30 heavy (non-hydrogen) atoms. The van der Waals surface area contributed by atoms with Gasteiger partial charge < -0.3 is 20.5 Å². The predicted octanol–water partition coefficient (Wildman–Crippen LogP) is 3.98. The van der Waals surface area contributed by atoms with E-state index in [-0.39, 0.29) is 11.5 Å². The Morgan fingerprint density at radius 1 is 1.27 bits per heavy atom. The minimum atomic E-state index is -0.112. The van der Waals surface area contributed by atoms with Crippen molar-refractivity contribution in [3.05, 3.63) is 72.2 Å². The SMILES string of the molecule is C=C(/C=C\C(=C/C)OC)C(N=C(C)N/C(=C\C(C)=O)CNc1ccccc1O)=NC. The molecule has 7 nitrogen and oxygen atoms in total. The molecule has 0 bridgehead atoms. The van der Waals surface area contributed by atoms with Gasteiger partial charge in [0.05, 0.1) is 19.3 Å². The van der Waals surface area contributed by atoms with Gasteiger partial charge in [0.1, 0.15) is 17.3 Å². The number of carbonyl (C=O) groups excluding carboxylic acids is 1. The molecule has 0 radical (unpaired) electrons. The average Bonchev–Trinajstić information content (AvgIpc) is 2.71. The number of carbonyl (C=O) groups is 1. The number of aromatic hydroxyl groups is 1. The summed E-state index contributed by atoms with van der Waals surface area (Å²) in [6, 6.07) is 6.88. The number of hydrogen-bond donors (Lipinski definition) is 3. The zero-order valence-corrected chi connectivity index (χ0v) is 18.2. The molecule has 1 aromatic carbocycles. The van der Waals surface area contributed by atoms with Gasteiger partial charge >= 0.3 is 0 Å². The number of phenolic OH excluding ortho intramolecular Hbond substituents is 1. The standard InChI is InChI=1S/C23H30N4O3/c1-7-20(30-6)13-12-16(2)23(24-5)27-18(4)26-19(14-17(3)28)15-25-21-10-8-9-11-22(21)29/h7-14,25,29H,2,15H2,1,3-6H3,(H,24,26,27)/b13-12-,19-14-,20-7+. The highest BCUT2D eigenvalue weighted by Crippen LogP contribution is 2.21. The van der Waals surface area contributed by atoms with Crippen molar-refractivity contribution in [2.45, 2.75) is 20.8 Å². The number of rotatable bonds is 9. The van der Waals surface area contributed by atoms with E-state index < -0.39 is 0 Å². The Bertz CT molecular complexity index is 909. The van der Waals surface area contributed by atoms with E-state index in [0.717, 1.165) is 0 Å². The third kappa shape index (κ3) is 8.60. The van der Waals surface area contributed by atoms with Crippen molar-refractivity contribution in [3.63, 3.8) is 0 Å². The second-order valence-corrected chi connectivity index (χ2v) is 6.27. The molecule has 3 N–H and O–H groups in total. The first-order valence-corrected chi connectivity index (χ1v) is 9.40. The number of benzene rings is 1. The van der Waals surface area contributed by atoms with Crippen molar-refractivity contribution in [2.75, 3.05) is 26.0 Å². The van der Waals surface area contributed by atoms with Crippen LogP contribution in [-0.2, 0) is 9.53 Å². The maximum absolute atomic E-state index is 11.6. The van der Waals surface area contributed by atoms with Gasteiger partial charge in [-0.05, 0) is 51.1 Å². The molecule has 0 saturated carbocycles. The zero-order valence-electron chi connectivity index (χ0n) is 18.2. The zero-order chi connectivity index (χ0) is 22.5. The maximum Gasteiger partial charge on any atom is 0.155 e. The molecule has 0 heterocycles. The Kier molecular flexibility index (Phi) is 10.4. The molecular formula is C23H30N4O3. The van der Waals surface area contributed by atoms with E-state index in [0.29, 0.717) is 40.9 Å². The summed E-state index contributed by atoms with van der Waals surface area (Å²) in [4.78, 5) is 20.2. The number of nitrogens with one attached hydrogen (secondary N) is 2. The van der Waals surface area contributed by atoms with Crippen LogP contribution in [-0.4, -0.2) is 43.3 Å². The van der Waals surface area contributed by atoms with E-state index in [1.807, 2.05) is 19.1 Å². The third-order valence-corrected chi connectivity index (χ3v) is 3.83. The summed E-state index contributed by atoms with van der Waals surface area (Å²) >= 11 is 0. The van der Waals surface area contributed by atoms with E-state index in [9.17, 15) is 9.90 Å². The van der Waals surface area contributed by atoms with Gasteiger partial charge in [-0.3, -0.25) is 9.79 Å². The minimum Gasteiger partial charge on any atom is -0.506 e. The number of ketones is 1. The van der Waals surface area contributed by atoms with Crippen LogP contribution in [0.1, 0.15) is 20.8 Å². The van der Waals surface area contributed by atoms with Crippen molar-refractivity contribution in [1.82, 2.24) is 5.32 Å². The van der Waals surface area contributed by atoms with Crippen LogP contribution in [0.4, 0.5) is 5.69 Å². The Hall–Kier alpha value is -3.61. The largest absolute Gasteiger partial charge is 0.506 e. The fourth-order valence-electron chi connectivity index (χ4n) is 2.41. The first-order valence-electron chi connectivity index (χ1n) is 9.40. The quantitative estimate of drug-likeness (QED) is 0.143. The summed E-state index contributed by atoms with van der Waals surface area (Å²) in [6.07, 6.45) is 6.85. The number of phenols is 1. The molecule has 0 unspecified atom stereocenters. The summed E-state index contributed by atoms with van der Waals surface area (Å²) in [7, 11) is 3.22. The summed E-state index contributed by atoms with van der Waals surface area (Å²) in [5.74, 6) is 1.70. The molecule has 1 aromatic rings. The highest BCUT2D eigenvalue weighted by Gasteiger charge is 2.06. The van der Waals surface area contributed by atoms with E-state index in [1.54, 1.807) is 51.4 Å². The number of para-hydroxylation sites is 2. The lowest BCUT2D eigenvalue weighted by Crippen LogP contribution is -2.26. The van der Waals surface area contributed by atoms with Gasteiger partial charge in [-0.25, -0.2) is 4.99 Å². The monoisotopic (exact) mass is 410 g/mol. The first-order chi connectivity index (χ1) is 14.3. The van der Waals surface area contributed by atoms with E-state index in [2.05, 4.69) is 27.2 Å². The molecule has 0 aliphatic rings. The second kappa shape index (κ2) is 12.8. The second-order valence-electron chi connectivity index (χ2n) is 6.27. The van der Waals surface area contributed by atoms with Crippen LogP contribution in [0.3, 0.4) is 0 Å². The Morgan fingerprint density at radius 3 is 2.53 bits per heavy atom. The molecule has 7 heteroatoms. The number of amidine groups is 2. The summed E-state index contributed by atoms with van der Waals surface area (Å²) in [6.45, 7) is 9.39. The van der Waals surface area contributed by atoms with Gasteiger partial charge in [0.15, 0.2) is 11.6 Å². The van der Waals surface area contributed by atoms with Crippen LogP contribution >= 0.6 is 0 Å². The smallest absolute Gasteiger partial charge is 0.155 e. The highest BCUT2D eigenvalue weighted by molar-refractivity contribution is 6.07. The molecule has 0 atom stereocenters. The fourth-order valence-corrected chi connectivity index (χ4v) is 2.41. The molecule has 0 aliphatic carbocycles. The normalized spacial score (nSPS) is 13.4. The number of methoxy groups -OCH3 is 1. The van der Waals surface area contributed by atoms with Crippen molar-refractivity contribution in [3.8, 4) is 5.75 Å². The number of ether oxygens (including phenoxy) is 1. The van der Waals surface area contributed by atoms with Crippen molar-refractivity contribution < 1.29 is 14.6 Å². The van der Waals surface area contributed by atoms with Crippen LogP contribution in [0, 0.1) is 0 Å². The van der Waals surface area contributed by atoms with Gasteiger partial charge in [0, 0.05) is 24.4 Å². The highest BCUT2D eigenvalue weighted by atomic mass is 16.5. The van der Waals surface area contributed by atoms with Crippen LogP contribution in [0.5, 0.6) is 5.75 Å². The van der Waals surface area contributed by atoms with Crippen molar-refractivity contribution in [2.24, 2.45) is 9.98 Å². The van der Waals surface area contributed by atoms with Crippen molar-refractivity contribution >= 4 is 23.1 Å². The maximum atomic E-state index is 11.6. The Morgan fingerprint density at radius 2 is 1.97 bits per heavy atom. The van der Waals surface area contributed by atoms with Crippen LogP contribution in [0.15, 0.2) is 82.2 Å². The number of anilines is 1. The molecule has 1 rings (SSSR count). The Balaban J connectivity index is 2.92. The number of allylic oxidation sites excluding steroid dienone is 3. The number of nitrogens with zero attached hydrogens (tertiary/aromatic N) is 2. The number of aliphatic imine (C=N–C) groups is 2. The van der Waals surface area contributed by atoms with Gasteiger partial charge in [0.25, 0.3) is 0 Å². The van der Waals surface area contributed by atoms with E-state index in [4.69, 9.17) is 4.74 Å². The van der Waals surface area contributed by atoms with Gasteiger partial charge in [-0.15, -0.1) is 0 Å². The topological polar surface area (TPSA) is 95.3 Å². The predicted molar refractivity (Wildman–Crippen MR) is 124 cm³/mol. The molecule has 0 spiro atoms. The molecule has 0 aromatic heterocycles. The van der Waals surface area contributed by atoms with E-state index in [1.165, 1.54) is 13.0 Å². The van der Waals surface area contributed by atoms with Gasteiger partial charge in [-0.2, -0.15) is 0 Å². The fraction of sp³-hybridized carbons (Fsp3) is 0.261. The molecule has 0 aliphatic heterocycles. The lowest BCUT2D eigenvalue weighted by molar-refractivity contribution is -0.112. The first kappa shape index (κ1) is 24.4. The van der Waals surface area contributed by atoms with Crippen LogP contribution in [0.25, 0.3) is 0 Å². The molecule has 0 saturated heterocycles. The average molecular weight is 411 g/mol. The third-order valence-electron chi connectivity index (χ3n) is 3.83. The Labute approximate surface area is 178 Å². The summed E-state index contributed by atoms with van der Waals surface area (Å²) in [5.41, 5.74) is 1.77. The molecule has 0 amide bonds. The molecule has 160 valence electrons. The minimum absolute atomic E-state index is 0.112.